The average Bonchev–Trinajstić information content (AvgIpc) is 2.60. The molecule has 0 fully saturated rings. The molecule has 2 N–H and O–H groups in total. The first-order chi connectivity index (χ1) is 8.90. The van der Waals surface area contributed by atoms with Gasteiger partial charge in [0.15, 0.2) is 6.10 Å². The third-order valence-electron chi connectivity index (χ3n) is 2.42. The highest BCUT2D eigenvalue weighted by atomic mass is 35.5. The minimum Gasteiger partial charge on any atom is -0.460 e. The lowest BCUT2D eigenvalue weighted by molar-refractivity contribution is -0.140. The second-order valence-electron chi connectivity index (χ2n) is 3.81. The van der Waals surface area contributed by atoms with Crippen LogP contribution in [0.1, 0.15) is 18.6 Å². The number of hydrogen-bond donors (Lipinski definition) is 1. The van der Waals surface area contributed by atoms with Gasteiger partial charge in [0.1, 0.15) is 0 Å². The molecule has 0 spiro atoms. The van der Waals surface area contributed by atoms with Gasteiger partial charge in [-0.15, -0.1) is 0 Å². The first-order valence-corrected chi connectivity index (χ1v) is 5.99. The molecule has 5 nitrogen and oxygen atoms in total. The zero-order valence-electron chi connectivity index (χ0n) is 9.78. The maximum atomic E-state index is 12.1. The summed E-state index contributed by atoms with van der Waals surface area (Å²) in [5.41, 5.74) is 5.88. The Morgan fingerprint density at radius 1 is 1.42 bits per heavy atom. The zero-order valence-corrected chi connectivity index (χ0v) is 11.3. The fourth-order valence-electron chi connectivity index (χ4n) is 1.64. The van der Waals surface area contributed by atoms with Crippen molar-refractivity contribution >= 4 is 35.0 Å². The molecule has 0 aromatic heterocycles. The summed E-state index contributed by atoms with van der Waals surface area (Å²) in [4.78, 5) is 23.0. The second-order valence-corrected chi connectivity index (χ2v) is 4.66. The van der Waals surface area contributed by atoms with Crippen LogP contribution in [-0.2, 0) is 19.1 Å². The van der Waals surface area contributed by atoms with Gasteiger partial charge < -0.3 is 15.2 Å². The SMILES string of the molecule is CC(=O)OC1=C(N)OC(c2cc(Cl)ccc2Cl)C1=O. The van der Waals surface area contributed by atoms with E-state index in [9.17, 15) is 9.59 Å². The number of halogens is 2. The van der Waals surface area contributed by atoms with Gasteiger partial charge in [0, 0.05) is 22.5 Å². The van der Waals surface area contributed by atoms with Crippen molar-refractivity contribution in [3.8, 4) is 0 Å². The molecule has 1 aromatic rings. The molecule has 1 heterocycles. The Bertz CT molecular complexity index is 597. The quantitative estimate of drug-likeness (QED) is 0.848. The van der Waals surface area contributed by atoms with Gasteiger partial charge in [-0.25, -0.2) is 0 Å². The molecule has 7 heteroatoms. The van der Waals surface area contributed by atoms with Crippen molar-refractivity contribution in [2.24, 2.45) is 5.73 Å². The molecule has 1 unspecified atom stereocenters. The van der Waals surface area contributed by atoms with Crippen LogP contribution in [0.15, 0.2) is 29.8 Å². The molecule has 0 saturated carbocycles. The Hall–Kier alpha value is -1.72. The molecule has 1 atom stereocenters. The number of nitrogens with two attached hydrogens (primary N) is 1. The Kier molecular flexibility index (Phi) is 3.68. The van der Waals surface area contributed by atoms with Crippen LogP contribution in [-0.4, -0.2) is 11.8 Å². The van der Waals surface area contributed by atoms with Crippen LogP contribution in [0.4, 0.5) is 0 Å². The summed E-state index contributed by atoms with van der Waals surface area (Å²) in [6, 6.07) is 4.61. The van der Waals surface area contributed by atoms with Gasteiger partial charge >= 0.3 is 5.97 Å². The van der Waals surface area contributed by atoms with Crippen LogP contribution in [0, 0.1) is 0 Å². The summed E-state index contributed by atoms with van der Waals surface area (Å²) < 4.78 is 9.92. The average molecular weight is 302 g/mol. The van der Waals surface area contributed by atoms with E-state index >= 15 is 0 Å². The third kappa shape index (κ3) is 2.67. The third-order valence-corrected chi connectivity index (χ3v) is 3.00. The molecule has 0 amide bonds. The number of carbonyl (C=O) groups excluding carboxylic acids is 2. The smallest absolute Gasteiger partial charge is 0.308 e. The molecule has 2 rings (SSSR count). The van der Waals surface area contributed by atoms with Crippen molar-refractivity contribution in [1.29, 1.82) is 0 Å². The second kappa shape index (κ2) is 5.11. The van der Waals surface area contributed by atoms with Gasteiger partial charge in [0.25, 0.3) is 0 Å². The van der Waals surface area contributed by atoms with Gasteiger partial charge in [-0.2, -0.15) is 0 Å². The largest absolute Gasteiger partial charge is 0.460 e. The van der Waals surface area contributed by atoms with E-state index in [4.69, 9.17) is 38.4 Å². The van der Waals surface area contributed by atoms with E-state index in [1.54, 1.807) is 6.07 Å². The Morgan fingerprint density at radius 3 is 2.74 bits per heavy atom. The van der Waals surface area contributed by atoms with Gasteiger partial charge in [-0.05, 0) is 18.2 Å². The van der Waals surface area contributed by atoms with Gasteiger partial charge in [0.05, 0.1) is 0 Å². The van der Waals surface area contributed by atoms with Crippen molar-refractivity contribution in [2.75, 3.05) is 0 Å². The molecule has 0 radical (unpaired) electrons. The van der Waals surface area contributed by atoms with E-state index < -0.39 is 17.9 Å². The number of ketones is 1. The number of ether oxygens (including phenoxy) is 2. The van der Waals surface area contributed by atoms with Crippen molar-refractivity contribution in [2.45, 2.75) is 13.0 Å². The molecule has 0 aliphatic carbocycles. The highest BCUT2D eigenvalue weighted by molar-refractivity contribution is 6.34. The van der Waals surface area contributed by atoms with E-state index in [0.717, 1.165) is 6.92 Å². The van der Waals surface area contributed by atoms with Gasteiger partial charge in [0.2, 0.25) is 17.4 Å². The lowest BCUT2D eigenvalue weighted by atomic mass is 10.1. The van der Waals surface area contributed by atoms with Crippen LogP contribution in [0.5, 0.6) is 0 Å². The van der Waals surface area contributed by atoms with Gasteiger partial charge in [-0.3, -0.25) is 9.59 Å². The van der Waals surface area contributed by atoms with Crippen LogP contribution < -0.4 is 5.73 Å². The lowest BCUT2D eigenvalue weighted by Gasteiger charge is -2.12. The predicted octanol–water partition coefficient (Wildman–Crippen LogP) is 2.32. The summed E-state index contributed by atoms with van der Waals surface area (Å²) in [5.74, 6) is -1.79. The van der Waals surface area contributed by atoms with E-state index in [1.807, 2.05) is 0 Å². The summed E-state index contributed by atoms with van der Waals surface area (Å²) in [5, 5.41) is 0.704. The van der Waals surface area contributed by atoms with Crippen molar-refractivity contribution in [3.05, 3.63) is 45.5 Å². The lowest BCUT2D eigenvalue weighted by Crippen LogP contribution is -2.13. The highest BCUT2D eigenvalue weighted by Crippen LogP contribution is 2.36. The maximum Gasteiger partial charge on any atom is 0.308 e. The van der Waals surface area contributed by atoms with Crippen LogP contribution in [0.25, 0.3) is 0 Å². The number of rotatable bonds is 2. The highest BCUT2D eigenvalue weighted by Gasteiger charge is 2.38. The fourth-order valence-corrected chi connectivity index (χ4v) is 2.04. The Labute approximate surface area is 118 Å². The molecular formula is C12H9Cl2NO4. The monoisotopic (exact) mass is 301 g/mol. The molecule has 1 aliphatic heterocycles. The predicted molar refractivity (Wildman–Crippen MR) is 68.3 cm³/mol. The summed E-state index contributed by atoms with van der Waals surface area (Å²) in [6.45, 7) is 1.16. The van der Waals surface area contributed by atoms with E-state index in [0.29, 0.717) is 15.6 Å². The molecule has 19 heavy (non-hydrogen) atoms. The Balaban J connectivity index is 2.33. The van der Waals surface area contributed by atoms with Crippen LogP contribution in [0.2, 0.25) is 10.0 Å². The number of carbonyl (C=O) groups is 2. The van der Waals surface area contributed by atoms with E-state index in [2.05, 4.69) is 0 Å². The first kappa shape index (κ1) is 13.7. The Morgan fingerprint density at radius 2 is 2.11 bits per heavy atom. The maximum absolute atomic E-state index is 12.1. The van der Waals surface area contributed by atoms with E-state index in [1.165, 1.54) is 12.1 Å². The van der Waals surface area contributed by atoms with Crippen molar-refractivity contribution in [1.82, 2.24) is 0 Å². The minimum absolute atomic E-state index is 0.249. The zero-order chi connectivity index (χ0) is 14.2. The van der Waals surface area contributed by atoms with Crippen molar-refractivity contribution < 1.29 is 19.1 Å². The molecular weight excluding hydrogens is 293 g/mol. The number of hydrogen-bond acceptors (Lipinski definition) is 5. The molecule has 100 valence electrons. The summed E-state index contributed by atoms with van der Waals surface area (Å²) >= 11 is 11.8. The van der Waals surface area contributed by atoms with Crippen molar-refractivity contribution in [3.63, 3.8) is 0 Å². The number of esters is 1. The number of Topliss-reactive ketones (excluding diaryl/α,β-unsaturated/α-hetero) is 1. The molecule has 0 saturated heterocycles. The van der Waals surface area contributed by atoms with E-state index in [-0.39, 0.29) is 11.6 Å². The molecule has 1 aliphatic rings. The first-order valence-electron chi connectivity index (χ1n) is 5.24. The van der Waals surface area contributed by atoms with Gasteiger partial charge in [-0.1, -0.05) is 23.2 Å². The topological polar surface area (TPSA) is 78.6 Å². The minimum atomic E-state index is -1.06. The standard InChI is InChI=1S/C12H9Cl2NO4/c1-5(16)18-11-9(17)10(19-12(11)15)7-4-6(13)2-3-8(7)14/h2-4,10H,15H2,1H3. The molecule has 1 aromatic carbocycles. The number of benzene rings is 1. The van der Waals surface area contributed by atoms with Crippen LogP contribution in [0.3, 0.4) is 0 Å². The van der Waals surface area contributed by atoms with Crippen LogP contribution >= 0.6 is 23.2 Å². The summed E-state index contributed by atoms with van der Waals surface area (Å²) in [6.07, 6.45) is -1.06. The summed E-state index contributed by atoms with van der Waals surface area (Å²) in [7, 11) is 0. The molecule has 0 bridgehead atoms. The fraction of sp³-hybridized carbons (Fsp3) is 0.167. The normalized spacial score (nSPS) is 18.5.